The number of hydrogen-bond acceptors (Lipinski definition) is 5. The lowest BCUT2D eigenvalue weighted by molar-refractivity contribution is 0.0932. The maximum atomic E-state index is 13.1. The van der Waals surface area contributed by atoms with Crippen LogP contribution in [0.5, 0.6) is 0 Å². The van der Waals surface area contributed by atoms with Gasteiger partial charge in [-0.2, -0.15) is 5.10 Å². The molecule has 138 valence electrons. The molecule has 2 aromatic heterocycles. The summed E-state index contributed by atoms with van der Waals surface area (Å²) in [7, 11) is 0. The molecule has 0 spiro atoms. The van der Waals surface area contributed by atoms with Crippen LogP contribution in [0.2, 0.25) is 0 Å². The Bertz CT molecular complexity index is 903. The molecule has 0 atom stereocenters. The molecule has 0 aliphatic carbocycles. The minimum absolute atomic E-state index is 0.0773. The molecule has 1 saturated heterocycles. The zero-order valence-corrected chi connectivity index (χ0v) is 14.6. The number of anilines is 1. The average molecular weight is 366 g/mol. The molecule has 0 radical (unpaired) electrons. The number of piperidine rings is 1. The summed E-state index contributed by atoms with van der Waals surface area (Å²) in [4.78, 5) is 23.4. The Morgan fingerprint density at radius 2 is 1.85 bits per heavy atom. The van der Waals surface area contributed by atoms with Gasteiger partial charge in [0.25, 0.3) is 5.91 Å². The number of nitrogens with zero attached hydrogens (tertiary/aromatic N) is 4. The van der Waals surface area contributed by atoms with Gasteiger partial charge in [0.2, 0.25) is 5.95 Å². The fourth-order valence-corrected chi connectivity index (χ4v) is 3.24. The Morgan fingerprint density at radius 3 is 2.56 bits per heavy atom. The minimum Gasteiger partial charge on any atom is -0.349 e. The molecule has 4 rings (SSSR count). The van der Waals surface area contributed by atoms with Crippen molar-refractivity contribution in [2.45, 2.75) is 18.9 Å². The molecule has 3 heterocycles. The van der Waals surface area contributed by atoms with E-state index in [1.165, 1.54) is 18.3 Å². The molecule has 8 heteroatoms. The molecule has 1 aliphatic heterocycles. The zero-order valence-electron chi connectivity index (χ0n) is 14.6. The van der Waals surface area contributed by atoms with Crippen molar-refractivity contribution in [3.8, 4) is 11.3 Å². The van der Waals surface area contributed by atoms with E-state index in [1.54, 1.807) is 30.6 Å². The molecule has 7 nitrogen and oxygen atoms in total. The van der Waals surface area contributed by atoms with E-state index in [0.29, 0.717) is 11.3 Å². The number of aromatic amines is 1. The van der Waals surface area contributed by atoms with E-state index in [-0.39, 0.29) is 17.8 Å². The predicted octanol–water partition coefficient (Wildman–Crippen LogP) is 2.40. The minimum atomic E-state index is -0.321. The molecule has 0 bridgehead atoms. The van der Waals surface area contributed by atoms with Gasteiger partial charge in [-0.15, -0.1) is 0 Å². The van der Waals surface area contributed by atoms with Gasteiger partial charge in [0, 0.05) is 37.1 Å². The highest BCUT2D eigenvalue weighted by Crippen LogP contribution is 2.22. The van der Waals surface area contributed by atoms with Crippen LogP contribution in [-0.2, 0) is 0 Å². The highest BCUT2D eigenvalue weighted by molar-refractivity contribution is 5.99. The van der Waals surface area contributed by atoms with Crippen LogP contribution in [-0.4, -0.2) is 45.2 Å². The quantitative estimate of drug-likeness (QED) is 0.740. The molecule has 1 aromatic carbocycles. The third-order valence-electron chi connectivity index (χ3n) is 4.68. The van der Waals surface area contributed by atoms with Crippen molar-refractivity contribution >= 4 is 11.9 Å². The number of benzene rings is 1. The SMILES string of the molecule is O=C(NC1CCN(c2ncccn2)CC1)c1cn[nH]c1-c1ccc(F)cc1. The van der Waals surface area contributed by atoms with Crippen LogP contribution < -0.4 is 10.2 Å². The smallest absolute Gasteiger partial charge is 0.255 e. The first-order chi connectivity index (χ1) is 13.2. The van der Waals surface area contributed by atoms with Gasteiger partial charge in [-0.1, -0.05) is 0 Å². The molecule has 27 heavy (non-hydrogen) atoms. The first kappa shape index (κ1) is 17.1. The lowest BCUT2D eigenvalue weighted by Gasteiger charge is -2.32. The van der Waals surface area contributed by atoms with Crippen molar-refractivity contribution in [3.63, 3.8) is 0 Å². The van der Waals surface area contributed by atoms with Gasteiger partial charge < -0.3 is 10.2 Å². The molecule has 3 aromatic rings. The number of hydrogen-bond donors (Lipinski definition) is 2. The van der Waals surface area contributed by atoms with Gasteiger partial charge in [0.15, 0.2) is 0 Å². The third kappa shape index (κ3) is 3.79. The van der Waals surface area contributed by atoms with Crippen LogP contribution >= 0.6 is 0 Å². The average Bonchev–Trinajstić information content (AvgIpc) is 3.20. The zero-order chi connectivity index (χ0) is 18.6. The highest BCUT2D eigenvalue weighted by atomic mass is 19.1. The molecular weight excluding hydrogens is 347 g/mol. The Labute approximate surface area is 155 Å². The standard InChI is InChI=1S/C19H19FN6O/c20-14-4-2-13(3-5-14)17-16(12-23-25-17)18(27)24-15-6-10-26(11-7-15)19-21-8-1-9-22-19/h1-5,8-9,12,15H,6-7,10-11H2,(H,23,25)(H,24,27). The maximum absolute atomic E-state index is 13.1. The molecule has 2 N–H and O–H groups in total. The number of H-pyrrole nitrogens is 1. The van der Waals surface area contributed by atoms with Crippen molar-refractivity contribution in [1.82, 2.24) is 25.5 Å². The first-order valence-electron chi connectivity index (χ1n) is 8.83. The number of carbonyl (C=O) groups is 1. The Hall–Kier alpha value is -3.29. The van der Waals surface area contributed by atoms with E-state index in [4.69, 9.17) is 0 Å². The van der Waals surface area contributed by atoms with Crippen LogP contribution in [0.3, 0.4) is 0 Å². The van der Waals surface area contributed by atoms with Crippen molar-refractivity contribution in [3.05, 3.63) is 60.3 Å². The summed E-state index contributed by atoms with van der Waals surface area (Å²) in [6, 6.07) is 7.84. The lowest BCUT2D eigenvalue weighted by atomic mass is 10.0. The van der Waals surface area contributed by atoms with Gasteiger partial charge >= 0.3 is 0 Å². The summed E-state index contributed by atoms with van der Waals surface area (Å²) in [5.74, 6) is 0.214. The lowest BCUT2D eigenvalue weighted by Crippen LogP contribution is -2.45. The van der Waals surface area contributed by atoms with Crippen molar-refractivity contribution < 1.29 is 9.18 Å². The van der Waals surface area contributed by atoms with Crippen molar-refractivity contribution in [1.29, 1.82) is 0 Å². The van der Waals surface area contributed by atoms with Crippen LogP contribution in [0.1, 0.15) is 23.2 Å². The maximum Gasteiger partial charge on any atom is 0.255 e. The van der Waals surface area contributed by atoms with Gasteiger partial charge in [0.1, 0.15) is 5.82 Å². The van der Waals surface area contributed by atoms with Crippen LogP contribution in [0.25, 0.3) is 11.3 Å². The van der Waals surface area contributed by atoms with Gasteiger partial charge in [-0.3, -0.25) is 9.89 Å². The topological polar surface area (TPSA) is 86.8 Å². The van der Waals surface area contributed by atoms with Gasteiger partial charge in [-0.05, 0) is 43.2 Å². The number of carbonyl (C=O) groups excluding carboxylic acids is 1. The number of aromatic nitrogens is 4. The monoisotopic (exact) mass is 366 g/mol. The van der Waals surface area contributed by atoms with Crippen molar-refractivity contribution in [2.24, 2.45) is 0 Å². The van der Waals surface area contributed by atoms with E-state index in [2.05, 4.69) is 30.4 Å². The molecule has 0 unspecified atom stereocenters. The normalized spacial score (nSPS) is 14.9. The van der Waals surface area contributed by atoms with E-state index < -0.39 is 0 Å². The van der Waals surface area contributed by atoms with E-state index >= 15 is 0 Å². The second-order valence-electron chi connectivity index (χ2n) is 6.45. The first-order valence-corrected chi connectivity index (χ1v) is 8.83. The molecule has 1 fully saturated rings. The molecule has 0 saturated carbocycles. The van der Waals surface area contributed by atoms with E-state index in [1.807, 2.05) is 0 Å². The number of amides is 1. The summed E-state index contributed by atoms with van der Waals surface area (Å²) < 4.78 is 13.1. The third-order valence-corrected chi connectivity index (χ3v) is 4.68. The summed E-state index contributed by atoms with van der Waals surface area (Å²) in [5.41, 5.74) is 1.76. The fraction of sp³-hybridized carbons (Fsp3) is 0.263. The summed E-state index contributed by atoms with van der Waals surface area (Å²) in [6.45, 7) is 1.57. The van der Waals surface area contributed by atoms with E-state index in [0.717, 1.165) is 37.4 Å². The highest BCUT2D eigenvalue weighted by Gasteiger charge is 2.24. The second kappa shape index (κ2) is 7.53. The number of rotatable bonds is 4. The Balaban J connectivity index is 1.39. The molecule has 1 amide bonds. The van der Waals surface area contributed by atoms with Gasteiger partial charge in [0.05, 0.1) is 17.5 Å². The van der Waals surface area contributed by atoms with Crippen LogP contribution in [0.4, 0.5) is 10.3 Å². The van der Waals surface area contributed by atoms with Crippen LogP contribution in [0.15, 0.2) is 48.9 Å². The fourth-order valence-electron chi connectivity index (χ4n) is 3.24. The summed E-state index contributed by atoms with van der Waals surface area (Å²) in [5, 5.41) is 9.89. The van der Waals surface area contributed by atoms with E-state index in [9.17, 15) is 9.18 Å². The van der Waals surface area contributed by atoms with Crippen molar-refractivity contribution in [2.75, 3.05) is 18.0 Å². The summed E-state index contributed by atoms with van der Waals surface area (Å²) >= 11 is 0. The molecular formula is C19H19FN6O. The predicted molar refractivity (Wildman–Crippen MR) is 98.7 cm³/mol. The van der Waals surface area contributed by atoms with Gasteiger partial charge in [-0.25, -0.2) is 14.4 Å². The largest absolute Gasteiger partial charge is 0.349 e. The Morgan fingerprint density at radius 1 is 1.15 bits per heavy atom. The Kier molecular flexibility index (Phi) is 4.78. The number of halogens is 1. The summed E-state index contributed by atoms with van der Waals surface area (Å²) in [6.07, 6.45) is 6.58. The number of nitrogens with one attached hydrogen (secondary N) is 2. The second-order valence-corrected chi connectivity index (χ2v) is 6.45. The molecule has 1 aliphatic rings. The van der Waals surface area contributed by atoms with Crippen LogP contribution in [0, 0.1) is 5.82 Å².